The van der Waals surface area contributed by atoms with Crippen molar-refractivity contribution >= 4 is 11.9 Å². The number of carbonyl (C=O) groups excluding carboxylic acids is 2. The Labute approximate surface area is 134 Å². The van der Waals surface area contributed by atoms with Crippen LogP contribution in [0.4, 0.5) is 0 Å². The van der Waals surface area contributed by atoms with E-state index in [9.17, 15) is 9.59 Å². The van der Waals surface area contributed by atoms with E-state index in [2.05, 4.69) is 5.32 Å². The van der Waals surface area contributed by atoms with Crippen molar-refractivity contribution in [2.45, 2.75) is 13.5 Å². The molecule has 116 valence electrons. The number of hydrogen-bond acceptors (Lipinski definition) is 4. The van der Waals surface area contributed by atoms with Crippen LogP contribution in [0.15, 0.2) is 48.5 Å². The van der Waals surface area contributed by atoms with Gasteiger partial charge in [0.1, 0.15) is 13.2 Å². The number of esters is 1. The van der Waals surface area contributed by atoms with Crippen LogP contribution in [0.1, 0.15) is 27.0 Å². The minimum Gasteiger partial charge on any atom is -0.460 e. The van der Waals surface area contributed by atoms with Gasteiger partial charge in [-0.25, -0.2) is 0 Å². The topological polar surface area (TPSA) is 79.2 Å². The molecule has 2 aromatic rings. The Bertz CT molecular complexity index is 763. The average Bonchev–Trinajstić information content (AvgIpc) is 2.58. The fourth-order valence-electron chi connectivity index (χ4n) is 1.99. The second-order valence-electron chi connectivity index (χ2n) is 5.03. The lowest BCUT2D eigenvalue weighted by atomic mass is 10.1. The maximum absolute atomic E-state index is 11.9. The lowest BCUT2D eigenvalue weighted by Crippen LogP contribution is -2.30. The molecule has 2 rings (SSSR count). The van der Waals surface area contributed by atoms with Gasteiger partial charge in [-0.3, -0.25) is 9.59 Å². The number of nitrogens with one attached hydrogen (secondary N) is 1. The predicted octanol–water partition coefficient (Wildman–Crippen LogP) is 2.34. The van der Waals surface area contributed by atoms with Gasteiger partial charge in [-0.05, 0) is 36.8 Å². The van der Waals surface area contributed by atoms with E-state index < -0.39 is 5.97 Å². The van der Waals surface area contributed by atoms with Crippen LogP contribution in [0.5, 0.6) is 0 Å². The van der Waals surface area contributed by atoms with Gasteiger partial charge in [0.15, 0.2) is 0 Å². The molecule has 23 heavy (non-hydrogen) atoms. The first-order valence-corrected chi connectivity index (χ1v) is 7.08. The zero-order chi connectivity index (χ0) is 16.7. The van der Waals surface area contributed by atoms with Crippen molar-refractivity contribution in [1.29, 1.82) is 5.26 Å². The summed E-state index contributed by atoms with van der Waals surface area (Å²) >= 11 is 0. The molecule has 5 heteroatoms. The van der Waals surface area contributed by atoms with Gasteiger partial charge in [0.2, 0.25) is 0 Å². The summed E-state index contributed by atoms with van der Waals surface area (Å²) in [6.07, 6.45) is 0. The van der Waals surface area contributed by atoms with Gasteiger partial charge < -0.3 is 10.1 Å². The van der Waals surface area contributed by atoms with E-state index in [1.165, 1.54) is 0 Å². The molecule has 0 bridgehead atoms. The van der Waals surface area contributed by atoms with Gasteiger partial charge in [-0.2, -0.15) is 5.26 Å². The van der Waals surface area contributed by atoms with Crippen LogP contribution in [0, 0.1) is 18.3 Å². The third kappa shape index (κ3) is 4.97. The van der Waals surface area contributed by atoms with Crippen LogP contribution in [-0.2, 0) is 16.1 Å². The van der Waals surface area contributed by atoms with E-state index in [0.29, 0.717) is 11.1 Å². The quantitative estimate of drug-likeness (QED) is 0.860. The van der Waals surface area contributed by atoms with Crippen molar-refractivity contribution in [2.24, 2.45) is 0 Å². The monoisotopic (exact) mass is 308 g/mol. The van der Waals surface area contributed by atoms with Gasteiger partial charge in [-0.1, -0.05) is 29.8 Å². The Morgan fingerprint density at radius 1 is 1.17 bits per heavy atom. The molecule has 0 aliphatic carbocycles. The summed E-state index contributed by atoms with van der Waals surface area (Å²) in [6.45, 7) is 1.75. The second kappa shape index (κ2) is 7.76. The van der Waals surface area contributed by atoms with Crippen LogP contribution in [0.25, 0.3) is 0 Å². The second-order valence-corrected chi connectivity index (χ2v) is 5.03. The highest BCUT2D eigenvalue weighted by atomic mass is 16.5. The zero-order valence-corrected chi connectivity index (χ0v) is 12.7. The molecule has 0 saturated carbocycles. The number of benzene rings is 2. The lowest BCUT2D eigenvalue weighted by Gasteiger charge is -2.07. The van der Waals surface area contributed by atoms with Crippen LogP contribution in [0.3, 0.4) is 0 Å². The Morgan fingerprint density at radius 2 is 1.96 bits per heavy atom. The Morgan fingerprint density at radius 3 is 2.70 bits per heavy atom. The number of ether oxygens (including phenoxy) is 1. The predicted molar refractivity (Wildman–Crippen MR) is 84.5 cm³/mol. The van der Waals surface area contributed by atoms with Gasteiger partial charge >= 0.3 is 5.97 Å². The molecule has 0 aromatic heterocycles. The van der Waals surface area contributed by atoms with Gasteiger partial charge in [-0.15, -0.1) is 0 Å². The highest BCUT2D eigenvalue weighted by molar-refractivity contribution is 5.96. The van der Waals surface area contributed by atoms with E-state index in [-0.39, 0.29) is 19.1 Å². The van der Waals surface area contributed by atoms with Crippen molar-refractivity contribution in [3.63, 3.8) is 0 Å². The van der Waals surface area contributed by atoms with E-state index in [1.807, 2.05) is 19.1 Å². The fraction of sp³-hybridized carbons (Fsp3) is 0.167. The molecule has 5 nitrogen and oxygen atoms in total. The number of nitriles is 1. The number of aryl methyl sites for hydroxylation is 1. The number of carbonyl (C=O) groups is 2. The molecule has 2 aromatic carbocycles. The molecule has 0 spiro atoms. The summed E-state index contributed by atoms with van der Waals surface area (Å²) in [7, 11) is 0. The van der Waals surface area contributed by atoms with Crippen molar-refractivity contribution < 1.29 is 14.3 Å². The molecular weight excluding hydrogens is 292 g/mol. The first kappa shape index (κ1) is 16.2. The van der Waals surface area contributed by atoms with E-state index in [4.69, 9.17) is 10.00 Å². The highest BCUT2D eigenvalue weighted by Gasteiger charge is 2.09. The van der Waals surface area contributed by atoms with Crippen LogP contribution >= 0.6 is 0 Å². The zero-order valence-electron chi connectivity index (χ0n) is 12.7. The molecule has 0 radical (unpaired) electrons. The number of amides is 1. The largest absolute Gasteiger partial charge is 0.460 e. The fourth-order valence-corrected chi connectivity index (χ4v) is 1.99. The lowest BCUT2D eigenvalue weighted by molar-refractivity contribution is -0.143. The molecule has 0 heterocycles. The summed E-state index contributed by atoms with van der Waals surface area (Å²) in [5.74, 6) is -0.856. The Kier molecular flexibility index (Phi) is 5.48. The van der Waals surface area contributed by atoms with E-state index in [1.54, 1.807) is 42.5 Å². The first-order valence-electron chi connectivity index (χ1n) is 7.08. The van der Waals surface area contributed by atoms with Gasteiger partial charge in [0.05, 0.1) is 11.6 Å². The van der Waals surface area contributed by atoms with Gasteiger partial charge in [0, 0.05) is 5.56 Å². The number of nitrogens with zero attached hydrogens (tertiary/aromatic N) is 1. The summed E-state index contributed by atoms with van der Waals surface area (Å²) in [5, 5.41) is 11.3. The first-order chi connectivity index (χ1) is 11.1. The molecule has 1 N–H and O–H groups in total. The molecule has 0 aliphatic heterocycles. The molecular formula is C18H16N2O3. The van der Waals surface area contributed by atoms with E-state index in [0.717, 1.165) is 11.1 Å². The molecule has 0 saturated heterocycles. The standard InChI is InChI=1S/C18H16N2O3/c1-13-4-2-7-16(8-13)18(22)20-11-17(21)23-12-15-6-3-5-14(9-15)10-19/h2-9H,11-12H2,1H3,(H,20,22). The summed E-state index contributed by atoms with van der Waals surface area (Å²) < 4.78 is 5.07. The normalized spacial score (nSPS) is 9.74. The molecule has 1 amide bonds. The molecule has 0 unspecified atom stereocenters. The SMILES string of the molecule is Cc1cccc(C(=O)NCC(=O)OCc2cccc(C#N)c2)c1. The smallest absolute Gasteiger partial charge is 0.325 e. The minimum atomic E-state index is -0.534. The summed E-state index contributed by atoms with van der Waals surface area (Å²) in [5.41, 5.74) is 2.70. The van der Waals surface area contributed by atoms with Crippen molar-refractivity contribution in [3.05, 3.63) is 70.8 Å². The molecule has 0 fully saturated rings. The molecule has 0 aliphatic rings. The van der Waals surface area contributed by atoms with Crippen molar-refractivity contribution in [2.75, 3.05) is 6.54 Å². The third-order valence-electron chi connectivity index (χ3n) is 3.13. The van der Waals surface area contributed by atoms with Gasteiger partial charge in [0.25, 0.3) is 5.91 Å². The maximum Gasteiger partial charge on any atom is 0.325 e. The van der Waals surface area contributed by atoms with Crippen LogP contribution in [0.2, 0.25) is 0 Å². The summed E-state index contributed by atoms with van der Waals surface area (Å²) in [4.78, 5) is 23.6. The van der Waals surface area contributed by atoms with Crippen molar-refractivity contribution in [1.82, 2.24) is 5.32 Å². The molecule has 0 atom stereocenters. The minimum absolute atomic E-state index is 0.0642. The summed E-state index contributed by atoms with van der Waals surface area (Å²) in [6, 6.07) is 15.9. The Hall–Kier alpha value is -3.13. The average molecular weight is 308 g/mol. The van der Waals surface area contributed by atoms with Crippen LogP contribution in [-0.4, -0.2) is 18.4 Å². The maximum atomic E-state index is 11.9. The number of hydrogen-bond donors (Lipinski definition) is 1. The van der Waals surface area contributed by atoms with Crippen LogP contribution < -0.4 is 5.32 Å². The number of rotatable bonds is 5. The van der Waals surface area contributed by atoms with E-state index >= 15 is 0 Å². The van der Waals surface area contributed by atoms with Crippen molar-refractivity contribution in [3.8, 4) is 6.07 Å². The highest BCUT2D eigenvalue weighted by Crippen LogP contribution is 2.06. The third-order valence-corrected chi connectivity index (χ3v) is 3.13. The Balaban J connectivity index is 1.81.